The monoisotopic (exact) mass is 275 g/mol. The first-order valence-corrected chi connectivity index (χ1v) is 6.97. The predicted molar refractivity (Wildman–Crippen MR) is 75.8 cm³/mol. The lowest BCUT2D eigenvalue weighted by atomic mass is 10.1. The Balaban J connectivity index is 3.04. The molecule has 0 fully saturated rings. The van der Waals surface area contributed by atoms with Crippen LogP contribution >= 0.6 is 35.0 Å². The van der Waals surface area contributed by atoms with Gasteiger partial charge >= 0.3 is 0 Å². The minimum atomic E-state index is 0.331. The fourth-order valence-electron chi connectivity index (χ4n) is 1.45. The van der Waals surface area contributed by atoms with Crippen LogP contribution in [-0.2, 0) is 0 Å². The van der Waals surface area contributed by atoms with Crippen molar-refractivity contribution in [1.29, 1.82) is 0 Å². The van der Waals surface area contributed by atoms with Gasteiger partial charge in [-0.15, -0.1) is 23.4 Å². The zero-order valence-electron chi connectivity index (χ0n) is 9.22. The number of thioether (sulfide) groups is 1. The summed E-state index contributed by atoms with van der Waals surface area (Å²) in [5.74, 6) is 1.25. The van der Waals surface area contributed by atoms with Crippen molar-refractivity contribution < 1.29 is 0 Å². The van der Waals surface area contributed by atoms with Crippen molar-refractivity contribution in [2.45, 2.75) is 13.3 Å². The van der Waals surface area contributed by atoms with Crippen LogP contribution in [-0.4, -0.2) is 11.8 Å². The largest absolute Gasteiger partial charge is 0.375 e. The molecular weight excluding hydrogens is 261 g/mol. The number of hydrogen-bond acceptors (Lipinski definition) is 2. The lowest BCUT2D eigenvalue weighted by molar-refractivity contribution is 0.982. The number of halogens is 2. The number of allylic oxidation sites excluding steroid dienone is 5. The molecule has 1 heterocycles. The molecule has 88 valence electrons. The van der Waals surface area contributed by atoms with E-state index in [1.54, 1.807) is 6.08 Å². The second-order valence-corrected chi connectivity index (χ2v) is 5.02. The van der Waals surface area contributed by atoms with Crippen LogP contribution in [0.25, 0.3) is 0 Å². The van der Waals surface area contributed by atoms with Gasteiger partial charge in [0, 0.05) is 9.94 Å². The van der Waals surface area contributed by atoms with Crippen molar-refractivity contribution >= 4 is 35.0 Å². The quantitative estimate of drug-likeness (QED) is 0.591. The molecule has 0 bridgehead atoms. The van der Waals surface area contributed by atoms with E-state index < -0.39 is 0 Å². The maximum Gasteiger partial charge on any atom is 0.0655 e. The summed E-state index contributed by atoms with van der Waals surface area (Å²) < 4.78 is 0. The Morgan fingerprint density at radius 1 is 1.62 bits per heavy atom. The fraction of sp³-hybridized carbons (Fsp3) is 0.333. The molecule has 1 aliphatic rings. The van der Waals surface area contributed by atoms with E-state index in [1.807, 2.05) is 23.9 Å². The summed E-state index contributed by atoms with van der Waals surface area (Å²) in [4.78, 5) is 1.35. The summed E-state index contributed by atoms with van der Waals surface area (Å²) in [6, 6.07) is 0. The summed E-state index contributed by atoms with van der Waals surface area (Å²) in [6.45, 7) is 5.86. The van der Waals surface area contributed by atoms with Crippen LogP contribution in [0.5, 0.6) is 0 Å². The number of hydrogen-bond donors (Lipinski definition) is 1. The maximum absolute atomic E-state index is 5.96. The summed E-state index contributed by atoms with van der Waals surface area (Å²) in [5, 5.41) is 3.99. The Hall–Kier alpha value is -0.310. The minimum Gasteiger partial charge on any atom is -0.375 e. The fourth-order valence-corrected chi connectivity index (χ4v) is 2.57. The lowest BCUT2D eigenvalue weighted by Gasteiger charge is -2.07. The summed E-state index contributed by atoms with van der Waals surface area (Å²) in [5.41, 5.74) is 2.19. The van der Waals surface area contributed by atoms with Gasteiger partial charge < -0.3 is 5.32 Å². The first-order valence-electron chi connectivity index (χ1n) is 5.07. The number of alkyl halides is 1. The van der Waals surface area contributed by atoms with Gasteiger partial charge in [0.2, 0.25) is 0 Å². The molecule has 0 aromatic rings. The Morgan fingerprint density at radius 2 is 2.38 bits per heavy atom. The Bertz CT molecular complexity index is 356. The van der Waals surface area contributed by atoms with Gasteiger partial charge in [0.1, 0.15) is 0 Å². The summed E-state index contributed by atoms with van der Waals surface area (Å²) in [6.07, 6.45) is 6.61. The Morgan fingerprint density at radius 3 is 2.94 bits per heavy atom. The Labute approximate surface area is 111 Å². The number of rotatable bonds is 5. The SMILES string of the molecule is C=C/C=C(\C=C(\Cl)CCl)C1=C(CC)SCN1. The molecule has 0 saturated carbocycles. The highest BCUT2D eigenvalue weighted by Gasteiger charge is 2.15. The second kappa shape index (κ2) is 7.10. The van der Waals surface area contributed by atoms with Gasteiger partial charge in [0.15, 0.2) is 0 Å². The van der Waals surface area contributed by atoms with Crippen LogP contribution in [0.4, 0.5) is 0 Å². The molecular formula is C12H15Cl2NS. The van der Waals surface area contributed by atoms with Crippen molar-refractivity contribution in [2.75, 3.05) is 11.8 Å². The average Bonchev–Trinajstić information content (AvgIpc) is 2.76. The molecule has 1 rings (SSSR count). The van der Waals surface area contributed by atoms with E-state index >= 15 is 0 Å². The standard InChI is InChI=1S/C12H15Cl2NS/c1-3-5-9(6-10(14)7-13)12-11(4-2)16-8-15-12/h3,5-6,15H,1,4,7-8H2,2H3/b9-5+,10-6+. The molecule has 0 unspecified atom stereocenters. The third kappa shape index (κ3) is 3.62. The van der Waals surface area contributed by atoms with Gasteiger partial charge in [-0.25, -0.2) is 0 Å². The molecule has 0 aliphatic carbocycles. The topological polar surface area (TPSA) is 12.0 Å². The van der Waals surface area contributed by atoms with Gasteiger partial charge in [-0.1, -0.05) is 37.3 Å². The molecule has 1 N–H and O–H groups in total. The van der Waals surface area contributed by atoms with Crippen LogP contribution in [0.2, 0.25) is 0 Å². The summed E-state index contributed by atoms with van der Waals surface area (Å²) in [7, 11) is 0. The lowest BCUT2D eigenvalue weighted by Crippen LogP contribution is -2.08. The predicted octanol–water partition coefficient (Wildman–Crippen LogP) is 4.38. The van der Waals surface area contributed by atoms with Crippen molar-refractivity contribution in [3.63, 3.8) is 0 Å². The molecule has 0 aromatic carbocycles. The summed E-state index contributed by atoms with van der Waals surface area (Å²) >= 11 is 13.5. The molecule has 1 nitrogen and oxygen atoms in total. The van der Waals surface area contributed by atoms with Gasteiger partial charge in [0.05, 0.1) is 17.5 Å². The van der Waals surface area contributed by atoms with E-state index in [9.17, 15) is 0 Å². The van der Waals surface area contributed by atoms with Gasteiger partial charge in [-0.05, 0) is 18.1 Å². The van der Waals surface area contributed by atoms with Crippen LogP contribution in [0, 0.1) is 0 Å². The van der Waals surface area contributed by atoms with E-state index in [0.29, 0.717) is 10.9 Å². The van der Waals surface area contributed by atoms with Crippen LogP contribution in [0.1, 0.15) is 13.3 Å². The molecule has 4 heteroatoms. The smallest absolute Gasteiger partial charge is 0.0655 e. The third-order valence-corrected chi connectivity index (χ3v) is 3.92. The molecule has 0 spiro atoms. The molecule has 0 saturated heterocycles. The molecule has 1 aliphatic heterocycles. The minimum absolute atomic E-state index is 0.331. The normalized spacial score (nSPS) is 17.7. The third-order valence-electron chi connectivity index (χ3n) is 2.12. The molecule has 0 amide bonds. The maximum atomic E-state index is 5.96. The van der Waals surface area contributed by atoms with Crippen LogP contribution in [0.15, 0.2) is 46.0 Å². The van der Waals surface area contributed by atoms with Crippen molar-refractivity contribution in [3.8, 4) is 0 Å². The van der Waals surface area contributed by atoms with Crippen molar-refractivity contribution in [3.05, 3.63) is 46.0 Å². The average molecular weight is 276 g/mol. The second-order valence-electron chi connectivity index (χ2n) is 3.20. The highest BCUT2D eigenvalue weighted by molar-refractivity contribution is 8.03. The van der Waals surface area contributed by atoms with Crippen LogP contribution in [0.3, 0.4) is 0 Å². The van der Waals surface area contributed by atoms with E-state index in [2.05, 4.69) is 18.8 Å². The van der Waals surface area contributed by atoms with Gasteiger partial charge in [-0.3, -0.25) is 0 Å². The zero-order chi connectivity index (χ0) is 12.0. The van der Waals surface area contributed by atoms with E-state index in [4.69, 9.17) is 23.2 Å². The highest BCUT2D eigenvalue weighted by atomic mass is 35.5. The molecule has 0 atom stereocenters. The van der Waals surface area contributed by atoms with Crippen molar-refractivity contribution in [1.82, 2.24) is 5.32 Å². The zero-order valence-corrected chi connectivity index (χ0v) is 11.6. The van der Waals surface area contributed by atoms with E-state index in [0.717, 1.165) is 23.6 Å². The van der Waals surface area contributed by atoms with Gasteiger partial charge in [-0.2, -0.15) is 0 Å². The van der Waals surface area contributed by atoms with Crippen LogP contribution < -0.4 is 5.32 Å². The molecule has 0 aromatic heterocycles. The number of nitrogens with one attached hydrogen (secondary N) is 1. The van der Waals surface area contributed by atoms with E-state index in [1.165, 1.54) is 4.91 Å². The molecule has 16 heavy (non-hydrogen) atoms. The highest BCUT2D eigenvalue weighted by Crippen LogP contribution is 2.32. The first kappa shape index (κ1) is 13.8. The first-order chi connectivity index (χ1) is 7.72. The van der Waals surface area contributed by atoms with Crippen molar-refractivity contribution in [2.24, 2.45) is 0 Å². The Kier molecular flexibility index (Phi) is 6.10. The van der Waals surface area contributed by atoms with E-state index in [-0.39, 0.29) is 0 Å². The molecule has 0 radical (unpaired) electrons. The van der Waals surface area contributed by atoms with Gasteiger partial charge in [0.25, 0.3) is 0 Å².